The number of aliphatic hydroxyl groups excluding tert-OH is 2. The second-order valence-corrected chi connectivity index (χ2v) is 8.88. The van der Waals surface area contributed by atoms with Crippen LogP contribution in [-0.4, -0.2) is 30.5 Å². The summed E-state index contributed by atoms with van der Waals surface area (Å²) in [6.45, 7) is 8.22. The molecule has 0 heterocycles. The van der Waals surface area contributed by atoms with Gasteiger partial charge >= 0.3 is 0 Å². The third-order valence-corrected chi connectivity index (χ3v) is 7.91. The Morgan fingerprint density at radius 3 is 1.81 bits per heavy atom. The normalized spacial score (nSPS) is 16.1. The first kappa shape index (κ1) is 16.1. The molecule has 0 aromatic rings. The van der Waals surface area contributed by atoms with E-state index in [2.05, 4.69) is 20.8 Å². The molecule has 0 aliphatic heterocycles. The molecule has 2 N–H and O–H groups in total. The quantitative estimate of drug-likeness (QED) is 0.487. The van der Waals surface area contributed by atoms with E-state index in [4.69, 9.17) is 4.43 Å². The molecule has 98 valence electrons. The second-order valence-electron chi connectivity index (χ2n) is 4.44. The third kappa shape index (κ3) is 4.53. The standard InChI is InChI=1S/C12H28O3Si/c1-5-9-11(13)15-16(7-3,8-4)12(14)10-6-2/h11-14H,5-10H2,1-4H3. The highest BCUT2D eigenvalue weighted by atomic mass is 28.4. The summed E-state index contributed by atoms with van der Waals surface area (Å²) in [5.41, 5.74) is -0.348. The highest BCUT2D eigenvalue weighted by Gasteiger charge is 2.40. The van der Waals surface area contributed by atoms with Gasteiger partial charge in [-0.15, -0.1) is 0 Å². The van der Waals surface area contributed by atoms with Crippen molar-refractivity contribution in [2.24, 2.45) is 0 Å². The Labute approximate surface area is 101 Å². The zero-order valence-electron chi connectivity index (χ0n) is 11.2. The monoisotopic (exact) mass is 248 g/mol. The molecule has 2 unspecified atom stereocenters. The molecule has 0 radical (unpaired) electrons. The average molecular weight is 248 g/mol. The zero-order chi connectivity index (χ0) is 12.6. The van der Waals surface area contributed by atoms with Crippen molar-refractivity contribution in [1.29, 1.82) is 0 Å². The zero-order valence-corrected chi connectivity index (χ0v) is 12.2. The number of rotatable bonds is 9. The molecule has 0 fully saturated rings. The van der Waals surface area contributed by atoms with E-state index in [-0.39, 0.29) is 5.73 Å². The van der Waals surface area contributed by atoms with Gasteiger partial charge in [0, 0.05) is 0 Å². The Hall–Kier alpha value is 0.0969. The predicted octanol–water partition coefficient (Wildman–Crippen LogP) is 2.81. The molecule has 0 saturated carbocycles. The van der Waals surface area contributed by atoms with Crippen molar-refractivity contribution >= 4 is 8.32 Å². The average Bonchev–Trinajstić information content (AvgIpc) is 2.26. The minimum absolute atomic E-state index is 0.348. The first-order valence-corrected chi connectivity index (χ1v) is 9.00. The summed E-state index contributed by atoms with van der Waals surface area (Å²) in [5, 5.41) is 20.0. The van der Waals surface area contributed by atoms with Crippen LogP contribution in [0.1, 0.15) is 53.4 Å². The Kier molecular flexibility index (Phi) is 8.28. The van der Waals surface area contributed by atoms with Crippen LogP contribution < -0.4 is 0 Å². The summed E-state index contributed by atoms with van der Waals surface area (Å²) < 4.78 is 5.84. The van der Waals surface area contributed by atoms with E-state index >= 15 is 0 Å². The van der Waals surface area contributed by atoms with Gasteiger partial charge in [-0.3, -0.25) is 0 Å². The molecule has 3 nitrogen and oxygen atoms in total. The van der Waals surface area contributed by atoms with Crippen LogP contribution in [0.2, 0.25) is 12.1 Å². The smallest absolute Gasteiger partial charge is 0.223 e. The first-order valence-electron chi connectivity index (χ1n) is 6.60. The van der Waals surface area contributed by atoms with Crippen molar-refractivity contribution in [3.05, 3.63) is 0 Å². The minimum atomic E-state index is -2.16. The predicted molar refractivity (Wildman–Crippen MR) is 69.6 cm³/mol. The lowest BCUT2D eigenvalue weighted by Crippen LogP contribution is -2.51. The number of hydrogen-bond donors (Lipinski definition) is 2. The second kappa shape index (κ2) is 8.23. The molecular weight excluding hydrogens is 220 g/mol. The number of hydrogen-bond acceptors (Lipinski definition) is 3. The summed E-state index contributed by atoms with van der Waals surface area (Å²) >= 11 is 0. The van der Waals surface area contributed by atoms with Crippen LogP contribution in [0, 0.1) is 0 Å². The Morgan fingerprint density at radius 2 is 1.44 bits per heavy atom. The van der Waals surface area contributed by atoms with E-state index in [1.54, 1.807) is 0 Å². The minimum Gasteiger partial charge on any atom is -0.394 e. The largest absolute Gasteiger partial charge is 0.394 e. The fourth-order valence-corrected chi connectivity index (χ4v) is 5.49. The van der Waals surface area contributed by atoms with E-state index in [0.717, 1.165) is 31.4 Å². The van der Waals surface area contributed by atoms with Gasteiger partial charge in [0.25, 0.3) is 0 Å². The molecule has 2 atom stereocenters. The van der Waals surface area contributed by atoms with E-state index in [1.807, 2.05) is 6.92 Å². The Balaban J connectivity index is 4.53. The lowest BCUT2D eigenvalue weighted by atomic mass is 10.3. The van der Waals surface area contributed by atoms with Crippen molar-refractivity contribution in [3.8, 4) is 0 Å². The van der Waals surface area contributed by atoms with Gasteiger partial charge in [-0.25, -0.2) is 0 Å². The van der Waals surface area contributed by atoms with Gasteiger partial charge in [0.15, 0.2) is 0 Å². The summed E-state index contributed by atoms with van der Waals surface area (Å²) in [6.07, 6.45) is 2.62. The highest BCUT2D eigenvalue weighted by molar-refractivity contribution is 6.74. The Bertz CT molecular complexity index is 172. The van der Waals surface area contributed by atoms with Crippen molar-refractivity contribution in [1.82, 2.24) is 0 Å². The van der Waals surface area contributed by atoms with Gasteiger partial charge in [0.1, 0.15) is 6.29 Å². The molecule has 0 aliphatic rings. The topological polar surface area (TPSA) is 49.7 Å². The molecule has 0 saturated heterocycles. The van der Waals surface area contributed by atoms with Gasteiger partial charge in [-0.05, 0) is 24.9 Å². The molecular formula is C12H28O3Si. The molecule has 4 heteroatoms. The molecule has 0 aromatic carbocycles. The van der Waals surface area contributed by atoms with Crippen LogP contribution in [-0.2, 0) is 4.43 Å². The van der Waals surface area contributed by atoms with Crippen molar-refractivity contribution < 1.29 is 14.6 Å². The van der Waals surface area contributed by atoms with Gasteiger partial charge in [0.05, 0.1) is 5.73 Å². The summed E-state index contributed by atoms with van der Waals surface area (Å²) in [6, 6.07) is 1.73. The van der Waals surface area contributed by atoms with Gasteiger partial charge in [-0.1, -0.05) is 40.5 Å². The van der Waals surface area contributed by atoms with E-state index in [1.165, 1.54) is 0 Å². The molecule has 16 heavy (non-hydrogen) atoms. The fraction of sp³-hybridized carbons (Fsp3) is 1.00. The van der Waals surface area contributed by atoms with Crippen molar-refractivity contribution in [2.45, 2.75) is 77.5 Å². The van der Waals surface area contributed by atoms with Crippen LogP contribution in [0.15, 0.2) is 0 Å². The third-order valence-electron chi connectivity index (χ3n) is 3.27. The molecule has 0 rings (SSSR count). The van der Waals surface area contributed by atoms with Gasteiger partial charge in [0.2, 0.25) is 8.32 Å². The lowest BCUT2D eigenvalue weighted by Gasteiger charge is -2.35. The Morgan fingerprint density at radius 1 is 0.938 bits per heavy atom. The van der Waals surface area contributed by atoms with Crippen LogP contribution in [0.5, 0.6) is 0 Å². The SMILES string of the molecule is CCCC(O)O[Si](CC)(CC)C(O)CCC. The van der Waals surface area contributed by atoms with Crippen molar-refractivity contribution in [2.75, 3.05) is 0 Å². The molecule has 0 bridgehead atoms. The molecule has 0 amide bonds. The van der Waals surface area contributed by atoms with E-state index in [9.17, 15) is 10.2 Å². The van der Waals surface area contributed by atoms with Crippen LogP contribution >= 0.6 is 0 Å². The fourth-order valence-electron chi connectivity index (χ4n) is 2.08. The van der Waals surface area contributed by atoms with Crippen molar-refractivity contribution in [3.63, 3.8) is 0 Å². The van der Waals surface area contributed by atoms with Gasteiger partial charge in [-0.2, -0.15) is 0 Å². The maximum atomic E-state index is 10.2. The molecule has 0 aliphatic carbocycles. The highest BCUT2D eigenvalue weighted by Crippen LogP contribution is 2.26. The van der Waals surface area contributed by atoms with Crippen LogP contribution in [0.3, 0.4) is 0 Å². The first-order chi connectivity index (χ1) is 7.56. The summed E-state index contributed by atoms with van der Waals surface area (Å²) in [7, 11) is -2.16. The van der Waals surface area contributed by atoms with Crippen LogP contribution in [0.4, 0.5) is 0 Å². The van der Waals surface area contributed by atoms with E-state index in [0.29, 0.717) is 6.42 Å². The summed E-state index contributed by atoms with van der Waals surface area (Å²) in [4.78, 5) is 0. The van der Waals surface area contributed by atoms with Crippen LogP contribution in [0.25, 0.3) is 0 Å². The maximum Gasteiger partial charge on any atom is 0.223 e. The lowest BCUT2D eigenvalue weighted by molar-refractivity contribution is -0.0404. The molecule has 0 spiro atoms. The van der Waals surface area contributed by atoms with E-state index < -0.39 is 14.6 Å². The van der Waals surface area contributed by atoms with Gasteiger partial charge < -0.3 is 14.6 Å². The number of aliphatic hydroxyl groups is 2. The summed E-state index contributed by atoms with van der Waals surface area (Å²) in [5.74, 6) is 0. The maximum absolute atomic E-state index is 10.2. The molecule has 0 aromatic heterocycles.